The monoisotopic (exact) mass is 1130 g/mol. The van der Waals surface area contributed by atoms with Gasteiger partial charge in [-0.25, -0.2) is 0 Å². The molecule has 2 aromatic heterocycles. The van der Waals surface area contributed by atoms with Crippen molar-refractivity contribution in [2.24, 2.45) is 23.1 Å². The summed E-state index contributed by atoms with van der Waals surface area (Å²) in [6.07, 6.45) is 5.45. The highest BCUT2D eigenvalue weighted by Gasteiger charge is 2.36. The molecular weight excluding hydrogens is 1060 g/mol. The van der Waals surface area contributed by atoms with Gasteiger partial charge < -0.3 is 59.4 Å². The number of nitrogens with one attached hydrogen (secondary N) is 8. The fourth-order valence-electron chi connectivity index (χ4n) is 8.71. The molecule has 1 aliphatic rings. The lowest BCUT2D eigenvalue weighted by atomic mass is 10.00. The van der Waals surface area contributed by atoms with Crippen LogP contribution < -0.4 is 54.4 Å². The molecule has 8 amide bonds. The van der Waals surface area contributed by atoms with Crippen LogP contribution in [0.3, 0.4) is 0 Å². The Labute approximate surface area is 471 Å². The minimum absolute atomic E-state index is 0.0271. The number of amides is 8. The van der Waals surface area contributed by atoms with Crippen molar-refractivity contribution >= 4 is 79.7 Å². The van der Waals surface area contributed by atoms with Gasteiger partial charge in [-0.05, 0) is 96.8 Å². The normalized spacial score (nSPS) is 20.5. The van der Waals surface area contributed by atoms with Gasteiger partial charge >= 0.3 is 0 Å². The molecule has 0 aliphatic carbocycles. The number of fused-ring (bicyclic) bond motifs is 1. The number of pyridine rings is 1. The second-order valence-corrected chi connectivity index (χ2v) is 22.2. The van der Waals surface area contributed by atoms with E-state index in [0.717, 1.165) is 32.5 Å². The number of aromatic amines is 1. The van der Waals surface area contributed by atoms with Crippen molar-refractivity contribution in [3.8, 4) is 12.1 Å². The summed E-state index contributed by atoms with van der Waals surface area (Å²) in [6.45, 7) is 3.63. The van der Waals surface area contributed by atoms with Crippen LogP contribution in [0.15, 0.2) is 104 Å². The number of primary amides is 1. The van der Waals surface area contributed by atoms with Crippen molar-refractivity contribution in [1.82, 2.24) is 47.2 Å². The minimum atomic E-state index is -1.41. The Morgan fingerprint density at radius 2 is 1.32 bits per heavy atom. The summed E-state index contributed by atoms with van der Waals surface area (Å²) in [4.78, 5) is 122. The molecule has 80 heavy (non-hydrogen) atoms. The van der Waals surface area contributed by atoms with Gasteiger partial charge in [0.25, 0.3) is 0 Å². The number of nitrogens with zero attached hydrogens (tertiary/aromatic N) is 3. The number of carbonyl (C=O) groups is 8. The van der Waals surface area contributed by atoms with Crippen LogP contribution in [0.5, 0.6) is 0 Å². The predicted octanol–water partition coefficient (Wildman–Crippen LogP) is 0.963. The molecule has 22 nitrogen and oxygen atoms in total. The van der Waals surface area contributed by atoms with Gasteiger partial charge in [0.2, 0.25) is 47.3 Å². The first-order chi connectivity index (χ1) is 38.5. The SMILES string of the molecule is CC(C)C1NC(=O)[C@H](CCCCN)NC(=O)C(Cc2c[nH]c3ccccc23)NC(=O)[C@H](Cc2cccnc2)NC(=O)C(NC(=O)[C@@H](N)Cc2ccc(C#N)cc2)CSSCC(C(=O)N[C@@H](Cc2ccc(C#N)cc2)C(N)=O)NC1=O. The number of para-hydroxylation sites is 1. The Kier molecular flexibility index (Phi) is 23.0. The minimum Gasteiger partial charge on any atom is -0.368 e. The molecule has 0 saturated carbocycles. The van der Waals surface area contributed by atoms with E-state index in [1.807, 2.05) is 36.4 Å². The van der Waals surface area contributed by atoms with E-state index in [-0.39, 0.29) is 50.2 Å². The molecule has 1 aliphatic heterocycles. The first-order valence-corrected chi connectivity index (χ1v) is 28.5. The van der Waals surface area contributed by atoms with E-state index in [1.54, 1.807) is 80.7 Å². The van der Waals surface area contributed by atoms with Gasteiger partial charge in [0.1, 0.15) is 42.3 Å². The fourth-order valence-corrected chi connectivity index (χ4v) is 11.0. The van der Waals surface area contributed by atoms with Crippen LogP contribution in [-0.4, -0.2) is 124 Å². The number of carbonyl (C=O) groups excluding carboxylic acids is 8. The van der Waals surface area contributed by atoms with E-state index in [0.29, 0.717) is 46.2 Å². The van der Waals surface area contributed by atoms with Crippen LogP contribution in [0.25, 0.3) is 10.9 Å². The van der Waals surface area contributed by atoms with E-state index < -0.39 is 102 Å². The highest BCUT2D eigenvalue weighted by atomic mass is 33.1. The van der Waals surface area contributed by atoms with E-state index in [1.165, 1.54) is 12.4 Å². The Morgan fingerprint density at radius 3 is 1.95 bits per heavy atom. The highest BCUT2D eigenvalue weighted by molar-refractivity contribution is 8.76. The Hall–Kier alpha value is -8.29. The summed E-state index contributed by atoms with van der Waals surface area (Å²) >= 11 is 0. The van der Waals surface area contributed by atoms with Crippen LogP contribution >= 0.6 is 21.6 Å². The lowest BCUT2D eigenvalue weighted by Gasteiger charge is -2.29. The number of aromatic nitrogens is 2. The Balaban J connectivity index is 1.39. The van der Waals surface area contributed by atoms with Gasteiger partial charge in [-0.3, -0.25) is 43.3 Å². The molecule has 6 rings (SSSR count). The Morgan fingerprint density at radius 1 is 0.713 bits per heavy atom. The third-order valence-corrected chi connectivity index (χ3v) is 15.7. The topological polar surface area (TPSA) is 375 Å². The van der Waals surface area contributed by atoms with Crippen LogP contribution in [-0.2, 0) is 64.0 Å². The molecule has 3 heterocycles. The molecule has 1 fully saturated rings. The summed E-state index contributed by atoms with van der Waals surface area (Å²) in [7, 11) is 2.06. The predicted molar refractivity (Wildman–Crippen MR) is 303 cm³/mol. The maximum absolute atomic E-state index is 14.8. The molecule has 1 saturated heterocycles. The molecule has 5 aromatic rings. The quantitative estimate of drug-likeness (QED) is 0.0430. The molecule has 24 heteroatoms. The largest absolute Gasteiger partial charge is 0.368 e. The van der Waals surface area contributed by atoms with Crippen molar-refractivity contribution in [2.75, 3.05) is 18.1 Å². The zero-order valence-corrected chi connectivity index (χ0v) is 45.9. The zero-order chi connectivity index (χ0) is 57.7. The summed E-state index contributed by atoms with van der Waals surface area (Å²) in [6, 6.07) is 17.0. The Bertz CT molecular complexity index is 3060. The first-order valence-electron chi connectivity index (χ1n) is 26.0. The highest BCUT2D eigenvalue weighted by Crippen LogP contribution is 2.25. The van der Waals surface area contributed by atoms with Crippen LogP contribution in [0, 0.1) is 28.6 Å². The number of unbranched alkanes of at least 4 members (excludes halogenated alkanes) is 1. The molecule has 420 valence electrons. The van der Waals surface area contributed by atoms with Gasteiger partial charge in [0.15, 0.2) is 0 Å². The van der Waals surface area contributed by atoms with E-state index in [4.69, 9.17) is 17.2 Å². The molecule has 3 aromatic carbocycles. The van der Waals surface area contributed by atoms with Gasteiger partial charge in [0, 0.05) is 60.3 Å². The molecule has 8 atom stereocenters. The molecule has 4 unspecified atom stereocenters. The maximum atomic E-state index is 14.8. The van der Waals surface area contributed by atoms with Gasteiger partial charge in [-0.1, -0.05) is 84.0 Å². The molecule has 0 bridgehead atoms. The summed E-state index contributed by atoms with van der Waals surface area (Å²) in [5, 5.41) is 38.7. The molecule has 0 spiro atoms. The smallest absolute Gasteiger partial charge is 0.244 e. The van der Waals surface area contributed by atoms with Crippen molar-refractivity contribution in [3.05, 3.63) is 137 Å². The number of hydrogen-bond donors (Lipinski definition) is 11. The lowest BCUT2D eigenvalue weighted by Crippen LogP contribution is -2.61. The number of H-pyrrole nitrogens is 1. The van der Waals surface area contributed by atoms with E-state index in [9.17, 15) is 48.9 Å². The third-order valence-electron chi connectivity index (χ3n) is 13.2. The zero-order valence-electron chi connectivity index (χ0n) is 44.2. The number of nitrogens with two attached hydrogens (primary N) is 3. The number of nitriles is 2. The van der Waals surface area contributed by atoms with E-state index in [2.05, 4.69) is 47.2 Å². The van der Waals surface area contributed by atoms with Gasteiger partial charge in [-0.15, -0.1) is 0 Å². The summed E-state index contributed by atoms with van der Waals surface area (Å²) in [5.41, 5.74) is 22.0. The average Bonchev–Trinajstić information content (AvgIpc) is 3.86. The molecule has 0 radical (unpaired) electrons. The lowest BCUT2D eigenvalue weighted by molar-refractivity contribution is -0.136. The van der Waals surface area contributed by atoms with Gasteiger partial charge in [0.05, 0.1) is 29.3 Å². The second-order valence-electron chi connectivity index (χ2n) is 19.6. The van der Waals surface area contributed by atoms with E-state index >= 15 is 0 Å². The first kappa shape index (κ1) is 60.9. The molecule has 14 N–H and O–H groups in total. The van der Waals surface area contributed by atoms with Crippen molar-refractivity contribution < 1.29 is 38.4 Å². The van der Waals surface area contributed by atoms with Gasteiger partial charge in [-0.2, -0.15) is 10.5 Å². The van der Waals surface area contributed by atoms with Crippen molar-refractivity contribution in [3.63, 3.8) is 0 Å². The number of benzene rings is 3. The third kappa shape index (κ3) is 17.9. The average molecular weight is 1130 g/mol. The fraction of sp³-hybridized carbons (Fsp3) is 0.375. The maximum Gasteiger partial charge on any atom is 0.244 e. The van der Waals surface area contributed by atoms with Crippen molar-refractivity contribution in [2.45, 2.75) is 107 Å². The standard InChI is InChI=1S/C56H66N14O8S2/c1-32(2)48-56(78)69-47(54(76)65-43(49(61)71)23-34-14-18-36(27-59)19-15-34)31-80-79-30-46(68-50(72)40(60)22-33-12-16-35(26-58)17-13-33)55(77)66-44(24-37-8-7-21-62-28-37)52(74)67-45(25-38-29-63-41-10-4-3-9-39(38)41)53(75)64-42(51(73)70-48)11-5-6-20-57/h3-4,7-10,12-19,21,28-29,32,40,42-48,63H,5-6,11,20,22-25,30-31,57,60H2,1-2H3,(H2,61,71)(H,64,75)(H,65,76)(H,66,77)(H,67,74)(H,68,72)(H,69,78)(H,70,73)/t40-,42-,43-,44-,45?,46?,47?,48?/m0/s1. The number of rotatable bonds is 18. The number of hydrogen-bond acceptors (Lipinski definition) is 15. The summed E-state index contributed by atoms with van der Waals surface area (Å²) in [5.74, 6) is -7.32. The van der Waals surface area contributed by atoms with Crippen LogP contribution in [0.2, 0.25) is 0 Å². The molecular formula is C56H66N14O8S2. The van der Waals surface area contributed by atoms with Crippen LogP contribution in [0.1, 0.15) is 66.5 Å². The van der Waals surface area contributed by atoms with Crippen LogP contribution in [0.4, 0.5) is 0 Å². The van der Waals surface area contributed by atoms with Crippen molar-refractivity contribution in [1.29, 1.82) is 10.5 Å². The summed E-state index contributed by atoms with van der Waals surface area (Å²) < 4.78 is 0. The second kappa shape index (κ2) is 30.2.